The number of hydrogen-bond donors (Lipinski definition) is 2. The number of carbonyl (C=O) groups is 1. The minimum Gasteiger partial charge on any atom is -0.369 e. The molecule has 8 nitrogen and oxygen atoms in total. The number of likely N-dealkylation sites (N-methyl/N-ethyl adjacent to an activating group) is 1. The summed E-state index contributed by atoms with van der Waals surface area (Å²) in [5, 5.41) is 3.53. The minimum atomic E-state index is -0.731. The van der Waals surface area contributed by atoms with E-state index in [-0.39, 0.29) is 18.3 Å². The molecule has 1 saturated heterocycles. The van der Waals surface area contributed by atoms with E-state index in [0.717, 1.165) is 43.2 Å². The highest BCUT2D eigenvalue weighted by atomic mass is 19.1. The van der Waals surface area contributed by atoms with Crippen LogP contribution in [0.5, 0.6) is 0 Å². The predicted molar refractivity (Wildman–Crippen MR) is 141 cm³/mol. The van der Waals surface area contributed by atoms with Gasteiger partial charge in [-0.3, -0.25) is 9.36 Å². The zero-order chi connectivity index (χ0) is 25.4. The van der Waals surface area contributed by atoms with Crippen molar-refractivity contribution in [1.82, 2.24) is 19.4 Å². The van der Waals surface area contributed by atoms with E-state index in [1.54, 1.807) is 23.2 Å². The number of carbonyl (C=O) groups excluding carboxylic acids is 1. The van der Waals surface area contributed by atoms with Gasteiger partial charge in [-0.2, -0.15) is 0 Å². The summed E-state index contributed by atoms with van der Waals surface area (Å²) in [5.41, 5.74) is 8.47. The summed E-state index contributed by atoms with van der Waals surface area (Å²) in [4.78, 5) is 23.8. The maximum atomic E-state index is 13.7. The molecule has 1 amide bonds. The van der Waals surface area contributed by atoms with Crippen molar-refractivity contribution in [3.63, 3.8) is 0 Å². The number of nitrogens with one attached hydrogen (secondary N) is 1. The molecular formula is C27H32FN7O. The number of imidazole rings is 1. The molecule has 0 bridgehead atoms. The average Bonchev–Trinajstić information content (AvgIpc) is 3.24. The van der Waals surface area contributed by atoms with Gasteiger partial charge >= 0.3 is 0 Å². The summed E-state index contributed by atoms with van der Waals surface area (Å²) in [7, 11) is 2.15. The second-order valence-electron chi connectivity index (χ2n) is 9.80. The lowest BCUT2D eigenvalue weighted by atomic mass is 10.0. The van der Waals surface area contributed by atoms with Gasteiger partial charge in [-0.25, -0.2) is 9.37 Å². The van der Waals surface area contributed by atoms with Crippen molar-refractivity contribution in [2.75, 3.05) is 50.0 Å². The number of piperazine rings is 1. The van der Waals surface area contributed by atoms with Crippen molar-refractivity contribution in [3.05, 3.63) is 66.4 Å². The molecule has 0 saturated carbocycles. The second-order valence-corrected chi connectivity index (χ2v) is 9.80. The predicted octanol–water partition coefficient (Wildman–Crippen LogP) is 3.65. The van der Waals surface area contributed by atoms with Gasteiger partial charge < -0.3 is 25.8 Å². The molecule has 0 spiro atoms. The molecule has 3 heterocycles. The van der Waals surface area contributed by atoms with Crippen LogP contribution in [0.3, 0.4) is 0 Å². The Morgan fingerprint density at radius 3 is 2.33 bits per heavy atom. The Morgan fingerprint density at radius 1 is 1.03 bits per heavy atom. The van der Waals surface area contributed by atoms with Gasteiger partial charge in [0.15, 0.2) is 0 Å². The summed E-state index contributed by atoms with van der Waals surface area (Å²) >= 11 is 0. The van der Waals surface area contributed by atoms with Crippen LogP contribution in [0, 0.1) is 5.82 Å². The fourth-order valence-electron chi connectivity index (χ4n) is 4.82. The van der Waals surface area contributed by atoms with Gasteiger partial charge in [0.1, 0.15) is 28.7 Å². The number of anilines is 3. The van der Waals surface area contributed by atoms with Crippen LogP contribution in [-0.4, -0.2) is 65.0 Å². The average molecular weight is 490 g/mol. The minimum absolute atomic E-state index is 0.0932. The van der Waals surface area contributed by atoms with E-state index in [1.165, 1.54) is 17.8 Å². The molecule has 0 atom stereocenters. The van der Waals surface area contributed by atoms with E-state index in [2.05, 4.69) is 46.4 Å². The lowest BCUT2D eigenvalue weighted by Crippen LogP contribution is -2.47. The molecule has 0 aliphatic carbocycles. The quantitative estimate of drug-likeness (QED) is 0.569. The number of amides is 1. The molecule has 2 aromatic carbocycles. The van der Waals surface area contributed by atoms with Crippen LogP contribution in [0.1, 0.15) is 19.7 Å². The molecule has 5 rings (SSSR count). The first-order valence-electron chi connectivity index (χ1n) is 12.2. The molecule has 2 aliphatic rings. The zero-order valence-electron chi connectivity index (χ0n) is 20.9. The van der Waals surface area contributed by atoms with Crippen molar-refractivity contribution < 1.29 is 9.18 Å². The normalized spacial score (nSPS) is 17.2. The molecular weight excluding hydrogens is 457 g/mol. The molecule has 3 aromatic rings. The first kappa shape index (κ1) is 24.0. The van der Waals surface area contributed by atoms with Crippen LogP contribution in [-0.2, 0) is 10.3 Å². The van der Waals surface area contributed by atoms with Crippen LogP contribution in [0.25, 0.3) is 17.5 Å². The number of aromatic nitrogens is 2. The number of nitrogens with two attached hydrogens (primary N) is 1. The SMILES string of the molecule is CN1CCN(c2ccc(Nc3c(-c4ccc(F)cc4)nc4n3C=CN(C(=O)CN)C4(C)C)cc2)CC1. The highest BCUT2D eigenvalue weighted by molar-refractivity contribution is 5.83. The van der Waals surface area contributed by atoms with Gasteiger partial charge in [0.05, 0.1) is 6.54 Å². The van der Waals surface area contributed by atoms with Crippen molar-refractivity contribution >= 4 is 29.3 Å². The van der Waals surface area contributed by atoms with E-state index in [0.29, 0.717) is 11.5 Å². The van der Waals surface area contributed by atoms with Crippen molar-refractivity contribution in [3.8, 4) is 11.3 Å². The van der Waals surface area contributed by atoms with E-state index in [4.69, 9.17) is 10.7 Å². The van der Waals surface area contributed by atoms with Crippen LogP contribution in [0.2, 0.25) is 0 Å². The number of hydrogen-bond acceptors (Lipinski definition) is 6. The molecule has 36 heavy (non-hydrogen) atoms. The third kappa shape index (κ3) is 4.36. The molecule has 3 N–H and O–H groups in total. The van der Waals surface area contributed by atoms with Crippen molar-refractivity contribution in [1.29, 1.82) is 0 Å². The Kier molecular flexibility index (Phi) is 6.27. The third-order valence-corrected chi connectivity index (χ3v) is 6.98. The maximum Gasteiger partial charge on any atom is 0.241 e. The summed E-state index contributed by atoms with van der Waals surface area (Å²) in [6, 6.07) is 14.6. The Balaban J connectivity index is 1.52. The highest BCUT2D eigenvalue weighted by Gasteiger charge is 2.39. The lowest BCUT2D eigenvalue weighted by molar-refractivity contribution is -0.132. The fourth-order valence-corrected chi connectivity index (χ4v) is 4.82. The smallest absolute Gasteiger partial charge is 0.241 e. The first-order valence-corrected chi connectivity index (χ1v) is 12.2. The summed E-state index contributed by atoms with van der Waals surface area (Å²) in [5.74, 6) is 0.926. The van der Waals surface area contributed by atoms with E-state index < -0.39 is 5.54 Å². The number of halogens is 1. The third-order valence-electron chi connectivity index (χ3n) is 6.98. The highest BCUT2D eigenvalue weighted by Crippen LogP contribution is 2.40. The van der Waals surface area contributed by atoms with Gasteiger partial charge in [0, 0.05) is 55.5 Å². The first-order chi connectivity index (χ1) is 17.3. The van der Waals surface area contributed by atoms with Gasteiger partial charge in [-0.1, -0.05) is 0 Å². The van der Waals surface area contributed by atoms with Crippen LogP contribution in [0.15, 0.2) is 54.7 Å². The largest absolute Gasteiger partial charge is 0.369 e. The molecule has 0 radical (unpaired) electrons. The Bertz CT molecular complexity index is 1270. The molecule has 0 unspecified atom stereocenters. The molecule has 9 heteroatoms. The van der Waals surface area contributed by atoms with Gasteiger partial charge in [-0.15, -0.1) is 0 Å². The Labute approximate surface area is 210 Å². The topological polar surface area (TPSA) is 82.7 Å². The van der Waals surface area contributed by atoms with Gasteiger partial charge in [0.2, 0.25) is 5.91 Å². The Morgan fingerprint density at radius 2 is 1.69 bits per heavy atom. The van der Waals surface area contributed by atoms with E-state index >= 15 is 0 Å². The van der Waals surface area contributed by atoms with Crippen LogP contribution in [0.4, 0.5) is 21.6 Å². The number of nitrogens with zero attached hydrogens (tertiary/aromatic N) is 5. The lowest BCUT2D eigenvalue weighted by Gasteiger charge is -2.38. The monoisotopic (exact) mass is 489 g/mol. The van der Waals surface area contributed by atoms with Gasteiger partial charge in [-0.05, 0) is 69.4 Å². The molecule has 188 valence electrons. The molecule has 2 aliphatic heterocycles. The Hall–Kier alpha value is -3.69. The van der Waals surface area contributed by atoms with Crippen molar-refractivity contribution in [2.45, 2.75) is 19.4 Å². The van der Waals surface area contributed by atoms with Gasteiger partial charge in [0.25, 0.3) is 0 Å². The van der Waals surface area contributed by atoms with Crippen LogP contribution < -0.4 is 16.0 Å². The number of rotatable bonds is 5. The van der Waals surface area contributed by atoms with E-state index in [1.807, 2.05) is 24.6 Å². The summed E-state index contributed by atoms with van der Waals surface area (Å²) in [6.07, 6.45) is 3.55. The van der Waals surface area contributed by atoms with E-state index in [9.17, 15) is 9.18 Å². The fraction of sp³-hybridized carbons (Fsp3) is 0.333. The number of fused-ring (bicyclic) bond motifs is 1. The molecule has 1 fully saturated rings. The number of benzene rings is 2. The molecule has 1 aromatic heterocycles. The standard InChI is InChI=1S/C27H32FN7O/c1-27(2)26-31-24(19-4-6-20(28)7-5-19)25(34(26)16-17-35(27)23(36)18-29)30-21-8-10-22(11-9-21)33-14-12-32(3)13-15-33/h4-11,16-17,30H,12-15,18,29H2,1-3H3. The van der Waals surface area contributed by atoms with Crippen molar-refractivity contribution in [2.24, 2.45) is 5.73 Å². The summed E-state index contributed by atoms with van der Waals surface area (Å²) in [6.45, 7) is 7.89. The summed E-state index contributed by atoms with van der Waals surface area (Å²) < 4.78 is 15.6. The van der Waals surface area contributed by atoms with Crippen LogP contribution >= 0.6 is 0 Å². The maximum absolute atomic E-state index is 13.7. The second kappa shape index (κ2) is 9.40. The zero-order valence-corrected chi connectivity index (χ0v) is 20.9.